The molecule has 1 aliphatic carbocycles. The van der Waals surface area contributed by atoms with E-state index in [1.165, 1.54) is 75.0 Å². The summed E-state index contributed by atoms with van der Waals surface area (Å²) in [6, 6.07) is 11.3. The maximum absolute atomic E-state index is 8.47. The Bertz CT molecular complexity index is 551. The van der Waals surface area contributed by atoms with Gasteiger partial charge in [-0.2, -0.15) is 5.26 Å². The van der Waals surface area contributed by atoms with E-state index in [9.17, 15) is 0 Å². The van der Waals surface area contributed by atoms with Crippen LogP contribution in [0.5, 0.6) is 0 Å². The van der Waals surface area contributed by atoms with Crippen molar-refractivity contribution in [1.82, 2.24) is 0 Å². The van der Waals surface area contributed by atoms with Crippen LogP contribution in [0.25, 0.3) is 0 Å². The van der Waals surface area contributed by atoms with E-state index >= 15 is 0 Å². The summed E-state index contributed by atoms with van der Waals surface area (Å²) in [6.07, 6.45) is 19.4. The second-order valence-corrected chi connectivity index (χ2v) is 7.11. The Morgan fingerprint density at radius 2 is 1.67 bits per heavy atom. The van der Waals surface area contributed by atoms with Crippen LogP contribution in [0.1, 0.15) is 63.0 Å². The number of allylic oxidation sites excluding steroid dienone is 4. The minimum absolute atomic E-state index is 0.711. The van der Waals surface area contributed by atoms with Gasteiger partial charge in [0.15, 0.2) is 0 Å². The number of hydrogen-bond donors (Lipinski definition) is 0. The van der Waals surface area contributed by atoms with E-state index in [2.05, 4.69) is 37.3 Å². The lowest BCUT2D eigenvalue weighted by molar-refractivity contribution is 0.296. The predicted octanol–water partition coefficient (Wildman–Crippen LogP) is 6.40. The molecular weight excluding hydrogens is 290 g/mol. The summed E-state index contributed by atoms with van der Waals surface area (Å²) in [5.41, 5.74) is 2.98. The van der Waals surface area contributed by atoms with Crippen LogP contribution in [0.15, 0.2) is 48.6 Å². The van der Waals surface area contributed by atoms with E-state index in [0.717, 1.165) is 5.92 Å². The molecule has 1 heteroatoms. The molecule has 0 spiro atoms. The van der Waals surface area contributed by atoms with Crippen LogP contribution in [0, 0.1) is 23.2 Å². The van der Waals surface area contributed by atoms with Crippen LogP contribution >= 0.6 is 0 Å². The number of hydrogen-bond acceptors (Lipinski definition) is 1. The molecule has 0 N–H and O–H groups in total. The number of benzene rings is 1. The lowest BCUT2D eigenvalue weighted by atomic mass is 9.79. The van der Waals surface area contributed by atoms with Gasteiger partial charge in [0.25, 0.3) is 0 Å². The van der Waals surface area contributed by atoms with Crippen molar-refractivity contribution in [2.75, 3.05) is 0 Å². The Hall–Kier alpha value is -1.81. The molecule has 0 heterocycles. The highest BCUT2D eigenvalue weighted by Gasteiger charge is 2.19. The van der Waals surface area contributed by atoms with E-state index in [1.807, 2.05) is 18.2 Å². The van der Waals surface area contributed by atoms with Gasteiger partial charge in [-0.25, -0.2) is 0 Å². The molecule has 2 rings (SSSR count). The Balaban J connectivity index is 1.68. The number of nitrogens with zero attached hydrogens (tertiary/aromatic N) is 1. The maximum atomic E-state index is 8.47. The van der Waals surface area contributed by atoms with E-state index in [0.29, 0.717) is 5.92 Å². The fraction of sp³-hybridized carbons (Fsp3) is 0.522. The molecule has 128 valence electrons. The Morgan fingerprint density at radius 1 is 1.00 bits per heavy atom. The molecule has 0 saturated heterocycles. The molecule has 0 unspecified atom stereocenters. The van der Waals surface area contributed by atoms with Crippen LogP contribution in [0.2, 0.25) is 0 Å². The zero-order chi connectivity index (χ0) is 17.0. The van der Waals surface area contributed by atoms with Crippen molar-refractivity contribution in [2.45, 2.75) is 64.7 Å². The number of rotatable bonds is 8. The van der Waals surface area contributed by atoms with E-state index in [1.54, 1.807) is 0 Å². The molecule has 0 atom stereocenters. The Labute approximate surface area is 148 Å². The van der Waals surface area contributed by atoms with Crippen molar-refractivity contribution in [3.8, 4) is 6.07 Å². The minimum atomic E-state index is 0.711. The van der Waals surface area contributed by atoms with Gasteiger partial charge in [0.2, 0.25) is 0 Å². The molecule has 1 nitrogen and oxygen atoms in total. The summed E-state index contributed by atoms with van der Waals surface area (Å²) in [5.74, 6) is 1.60. The molecular formula is C23H31N. The molecule has 0 aliphatic heterocycles. The highest BCUT2D eigenvalue weighted by atomic mass is 14.2. The zero-order valence-corrected chi connectivity index (χ0v) is 15.1. The van der Waals surface area contributed by atoms with E-state index in [4.69, 9.17) is 5.26 Å². The van der Waals surface area contributed by atoms with Crippen molar-refractivity contribution in [2.24, 2.45) is 11.8 Å². The first kappa shape index (κ1) is 18.5. The average Bonchev–Trinajstić information content (AvgIpc) is 2.64. The molecule has 0 bridgehead atoms. The normalized spacial score (nSPS) is 21.3. The summed E-state index contributed by atoms with van der Waals surface area (Å²) < 4.78 is 0. The molecule has 1 aliphatic rings. The molecule has 0 aromatic heterocycles. The van der Waals surface area contributed by atoms with Crippen molar-refractivity contribution in [3.05, 3.63) is 59.7 Å². The summed E-state index contributed by atoms with van der Waals surface area (Å²) in [4.78, 5) is 0. The van der Waals surface area contributed by atoms with Crippen molar-refractivity contribution < 1.29 is 0 Å². The standard InChI is InChI=1S/C23H31N/c1-2-3-7-20-9-13-22(14-10-20)17-18-23-15-11-21(12-16-23)8-5-4-6-19-24/h4-6,8-10,13-14,21,23H,2-3,7,11-12,15-18H2,1H3/t21-,23-. The highest BCUT2D eigenvalue weighted by molar-refractivity contribution is 5.22. The third-order valence-corrected chi connectivity index (χ3v) is 5.24. The number of aryl methyl sites for hydroxylation is 2. The zero-order valence-electron chi connectivity index (χ0n) is 15.1. The molecule has 1 saturated carbocycles. The molecule has 1 fully saturated rings. The van der Waals surface area contributed by atoms with Crippen molar-refractivity contribution >= 4 is 0 Å². The lowest BCUT2D eigenvalue weighted by Crippen LogP contribution is -2.13. The summed E-state index contributed by atoms with van der Waals surface area (Å²) in [7, 11) is 0. The van der Waals surface area contributed by atoms with E-state index in [-0.39, 0.29) is 0 Å². The molecule has 0 radical (unpaired) electrons. The van der Waals surface area contributed by atoms with Crippen molar-refractivity contribution in [3.63, 3.8) is 0 Å². The van der Waals surface area contributed by atoms with Gasteiger partial charge in [-0.05, 0) is 74.3 Å². The van der Waals surface area contributed by atoms with Gasteiger partial charge in [0.1, 0.15) is 0 Å². The first-order chi connectivity index (χ1) is 11.8. The van der Waals surface area contributed by atoms with Crippen LogP contribution in [-0.4, -0.2) is 0 Å². The quantitative estimate of drug-likeness (QED) is 0.401. The first-order valence-electron chi connectivity index (χ1n) is 9.62. The molecule has 1 aromatic rings. The molecule has 0 amide bonds. The van der Waals surface area contributed by atoms with Gasteiger partial charge in [-0.15, -0.1) is 0 Å². The van der Waals surface area contributed by atoms with Gasteiger partial charge in [-0.3, -0.25) is 0 Å². The van der Waals surface area contributed by atoms with Gasteiger partial charge in [0, 0.05) is 6.08 Å². The fourth-order valence-corrected chi connectivity index (χ4v) is 3.61. The minimum Gasteiger partial charge on any atom is -0.193 e. The largest absolute Gasteiger partial charge is 0.193 e. The second-order valence-electron chi connectivity index (χ2n) is 7.11. The maximum Gasteiger partial charge on any atom is 0.0912 e. The number of nitriles is 1. The van der Waals surface area contributed by atoms with Gasteiger partial charge in [0.05, 0.1) is 6.07 Å². The topological polar surface area (TPSA) is 23.8 Å². The summed E-state index contributed by atoms with van der Waals surface area (Å²) in [5, 5.41) is 8.47. The van der Waals surface area contributed by atoms with Crippen LogP contribution in [-0.2, 0) is 12.8 Å². The van der Waals surface area contributed by atoms with Gasteiger partial charge >= 0.3 is 0 Å². The fourth-order valence-electron chi connectivity index (χ4n) is 3.61. The van der Waals surface area contributed by atoms with E-state index < -0.39 is 0 Å². The summed E-state index contributed by atoms with van der Waals surface area (Å²) >= 11 is 0. The van der Waals surface area contributed by atoms with Gasteiger partial charge < -0.3 is 0 Å². The highest BCUT2D eigenvalue weighted by Crippen LogP contribution is 2.32. The van der Waals surface area contributed by atoms with Gasteiger partial charge in [-0.1, -0.05) is 55.8 Å². The van der Waals surface area contributed by atoms with Crippen LogP contribution < -0.4 is 0 Å². The smallest absolute Gasteiger partial charge is 0.0912 e. The summed E-state index contributed by atoms with van der Waals surface area (Å²) in [6.45, 7) is 2.25. The monoisotopic (exact) mass is 321 g/mol. The molecule has 1 aromatic carbocycles. The Morgan fingerprint density at radius 3 is 2.29 bits per heavy atom. The third-order valence-electron chi connectivity index (χ3n) is 5.24. The number of unbranched alkanes of at least 4 members (excludes halogenated alkanes) is 1. The van der Waals surface area contributed by atoms with Crippen molar-refractivity contribution in [1.29, 1.82) is 5.26 Å². The average molecular weight is 322 g/mol. The van der Waals surface area contributed by atoms with Crippen LogP contribution in [0.3, 0.4) is 0 Å². The predicted molar refractivity (Wildman–Crippen MR) is 103 cm³/mol. The second kappa shape index (κ2) is 10.9. The SMILES string of the molecule is CCCCc1ccc(CC[C@H]2CC[C@H](C=CC=CC#N)CC2)cc1. The first-order valence-corrected chi connectivity index (χ1v) is 9.62. The Kier molecular flexibility index (Phi) is 8.39. The van der Waals surface area contributed by atoms with Crippen LogP contribution in [0.4, 0.5) is 0 Å². The molecule has 24 heavy (non-hydrogen) atoms. The lowest BCUT2D eigenvalue weighted by Gasteiger charge is -2.26. The third kappa shape index (κ3) is 6.75.